The number of nitrogens with zero attached hydrogens (tertiary/aromatic N) is 2. The summed E-state index contributed by atoms with van der Waals surface area (Å²) in [6, 6.07) is 11.0. The summed E-state index contributed by atoms with van der Waals surface area (Å²) >= 11 is 0. The minimum atomic E-state index is -3.07. The maximum atomic E-state index is 13.8. The highest BCUT2D eigenvalue weighted by Gasteiger charge is 2.52. The largest absolute Gasteiger partial charge is 0.469 e. The van der Waals surface area contributed by atoms with Gasteiger partial charge in [-0.25, -0.2) is 4.98 Å². The van der Waals surface area contributed by atoms with Crippen molar-refractivity contribution in [1.82, 2.24) is 9.88 Å². The number of nitrogens with one attached hydrogen (secondary N) is 1. The molecule has 7 nitrogen and oxygen atoms in total. The molecule has 1 N–H and O–H groups in total. The van der Waals surface area contributed by atoms with E-state index in [1.807, 2.05) is 38.1 Å². The van der Waals surface area contributed by atoms with Gasteiger partial charge in [0.05, 0.1) is 17.9 Å². The molecule has 1 aromatic carbocycles. The van der Waals surface area contributed by atoms with E-state index in [2.05, 4.69) is 33.8 Å². The number of carbonyl (C=O) groups is 2. The van der Waals surface area contributed by atoms with Crippen molar-refractivity contribution in [2.24, 2.45) is 5.41 Å². The van der Waals surface area contributed by atoms with E-state index < -0.39 is 17.4 Å². The van der Waals surface area contributed by atoms with Crippen LogP contribution in [0.2, 0.25) is 0 Å². The molecule has 0 saturated carbocycles. The third kappa shape index (κ3) is 5.83. The zero-order valence-electron chi connectivity index (χ0n) is 21.7. The predicted octanol–water partition coefficient (Wildman–Crippen LogP) is 4.90. The molecule has 1 aromatic heterocycles. The monoisotopic (exact) mass is 503 g/mol. The van der Waals surface area contributed by atoms with Gasteiger partial charge in [-0.3, -0.25) is 9.59 Å². The lowest BCUT2D eigenvalue weighted by atomic mass is 9.69. The molecular formula is C27H35F2N3O4. The van der Waals surface area contributed by atoms with Crippen LogP contribution in [0.15, 0.2) is 36.4 Å². The lowest BCUT2D eigenvalue weighted by Gasteiger charge is -2.50. The highest BCUT2D eigenvalue weighted by Crippen LogP contribution is 2.41. The molecule has 0 atom stereocenters. The number of rotatable bonds is 10. The summed E-state index contributed by atoms with van der Waals surface area (Å²) in [6.45, 7) is 7.84. The van der Waals surface area contributed by atoms with Crippen LogP contribution >= 0.6 is 0 Å². The zero-order chi connectivity index (χ0) is 26.7. The van der Waals surface area contributed by atoms with Crippen molar-refractivity contribution in [3.05, 3.63) is 53.2 Å². The number of aryl methyl sites for hydroxylation is 1. The molecule has 1 aliphatic rings. The first kappa shape index (κ1) is 27.5. The Balaban J connectivity index is 1.90. The lowest BCUT2D eigenvalue weighted by Crippen LogP contribution is -2.65. The number of anilines is 1. The molecule has 2 heterocycles. The molecule has 1 amide bonds. The highest BCUT2D eigenvalue weighted by molar-refractivity contribution is 6.01. The molecule has 3 rings (SSSR count). The van der Waals surface area contributed by atoms with Crippen LogP contribution in [-0.4, -0.2) is 55.1 Å². The standard InChI is InChI=1S/C27H35F2N3O4/c1-17(2)19-9-7-8-10-20(19)27(15-32(16-27)14-13-26(4,5)24(34)35-6)23(33)31-21-12-11-18(3)30-22(21)36-25(28)29/h7-12,17,25H,13-16H2,1-6H3,(H,31,33). The van der Waals surface area contributed by atoms with Crippen LogP contribution in [0.3, 0.4) is 0 Å². The number of amides is 1. The van der Waals surface area contributed by atoms with Crippen molar-refractivity contribution in [2.45, 2.75) is 59.0 Å². The molecular weight excluding hydrogens is 468 g/mol. The van der Waals surface area contributed by atoms with Gasteiger partial charge in [0.1, 0.15) is 5.69 Å². The quantitative estimate of drug-likeness (QED) is 0.465. The number of ether oxygens (including phenoxy) is 2. The van der Waals surface area contributed by atoms with E-state index in [0.29, 0.717) is 31.7 Å². The van der Waals surface area contributed by atoms with Gasteiger partial charge < -0.3 is 19.7 Å². The average molecular weight is 504 g/mol. The first-order chi connectivity index (χ1) is 16.9. The average Bonchev–Trinajstić information content (AvgIpc) is 2.79. The number of methoxy groups -OCH3 is 1. The van der Waals surface area contributed by atoms with Gasteiger partial charge in [-0.2, -0.15) is 8.78 Å². The molecule has 9 heteroatoms. The number of alkyl halides is 2. The number of halogens is 2. The predicted molar refractivity (Wildman–Crippen MR) is 133 cm³/mol. The summed E-state index contributed by atoms with van der Waals surface area (Å²) in [5.41, 5.74) is 0.985. The van der Waals surface area contributed by atoms with E-state index in [0.717, 1.165) is 11.1 Å². The van der Waals surface area contributed by atoms with Crippen LogP contribution in [0.25, 0.3) is 0 Å². The molecule has 0 bridgehead atoms. The summed E-state index contributed by atoms with van der Waals surface area (Å²) in [6.07, 6.45) is 0.567. The molecule has 196 valence electrons. The van der Waals surface area contributed by atoms with Crippen LogP contribution in [-0.2, 0) is 19.7 Å². The first-order valence-corrected chi connectivity index (χ1v) is 12.0. The fourth-order valence-corrected chi connectivity index (χ4v) is 4.61. The summed E-state index contributed by atoms with van der Waals surface area (Å²) in [5.74, 6) is -0.738. The number of hydrogen-bond donors (Lipinski definition) is 1. The van der Waals surface area contributed by atoms with Gasteiger partial charge in [-0.15, -0.1) is 0 Å². The summed E-state index contributed by atoms with van der Waals surface area (Å²) in [5, 5.41) is 2.81. The van der Waals surface area contributed by atoms with Crippen LogP contribution < -0.4 is 10.1 Å². The number of aromatic nitrogens is 1. The van der Waals surface area contributed by atoms with Gasteiger partial charge in [0.15, 0.2) is 0 Å². The van der Waals surface area contributed by atoms with Gasteiger partial charge >= 0.3 is 12.6 Å². The van der Waals surface area contributed by atoms with E-state index in [4.69, 9.17) is 4.74 Å². The molecule has 2 aromatic rings. The number of esters is 1. The Kier molecular flexibility index (Phi) is 8.33. The second kappa shape index (κ2) is 10.9. The van der Waals surface area contributed by atoms with E-state index >= 15 is 0 Å². The van der Waals surface area contributed by atoms with Gasteiger partial charge in [0.25, 0.3) is 0 Å². The van der Waals surface area contributed by atoms with Gasteiger partial charge in [-0.05, 0) is 62.9 Å². The van der Waals surface area contributed by atoms with Crippen LogP contribution in [0.4, 0.5) is 14.5 Å². The van der Waals surface area contributed by atoms with Gasteiger partial charge in [0, 0.05) is 18.8 Å². The number of hydrogen-bond acceptors (Lipinski definition) is 6. The van der Waals surface area contributed by atoms with E-state index in [-0.39, 0.29) is 29.4 Å². The highest BCUT2D eigenvalue weighted by atomic mass is 19.3. The number of likely N-dealkylation sites (tertiary alicyclic amines) is 1. The maximum absolute atomic E-state index is 13.8. The third-order valence-electron chi connectivity index (χ3n) is 6.76. The summed E-state index contributed by atoms with van der Waals surface area (Å²) in [7, 11) is 1.37. The maximum Gasteiger partial charge on any atom is 0.388 e. The molecule has 1 fully saturated rings. The van der Waals surface area contributed by atoms with Gasteiger partial charge in [0.2, 0.25) is 11.8 Å². The summed E-state index contributed by atoms with van der Waals surface area (Å²) in [4.78, 5) is 32.1. The Bertz CT molecular complexity index is 1100. The first-order valence-electron chi connectivity index (χ1n) is 12.0. The number of benzene rings is 1. The van der Waals surface area contributed by atoms with Crippen molar-refractivity contribution in [2.75, 3.05) is 32.1 Å². The fraction of sp³-hybridized carbons (Fsp3) is 0.519. The topological polar surface area (TPSA) is 80.8 Å². The Hall–Kier alpha value is -3.07. The second-order valence-electron chi connectivity index (χ2n) is 10.3. The molecule has 0 aliphatic carbocycles. The van der Waals surface area contributed by atoms with Crippen molar-refractivity contribution in [3.63, 3.8) is 0 Å². The van der Waals surface area contributed by atoms with Gasteiger partial charge in [-0.1, -0.05) is 38.1 Å². The Labute approximate surface area is 211 Å². The normalized spacial score (nSPS) is 15.5. The fourth-order valence-electron chi connectivity index (χ4n) is 4.61. The molecule has 0 spiro atoms. The molecule has 36 heavy (non-hydrogen) atoms. The van der Waals surface area contributed by atoms with E-state index in [1.165, 1.54) is 13.2 Å². The van der Waals surface area contributed by atoms with Crippen molar-refractivity contribution in [3.8, 4) is 5.88 Å². The van der Waals surface area contributed by atoms with Crippen molar-refractivity contribution < 1.29 is 27.8 Å². The minimum Gasteiger partial charge on any atom is -0.469 e. The number of carbonyl (C=O) groups excluding carboxylic acids is 2. The zero-order valence-corrected chi connectivity index (χ0v) is 21.7. The summed E-state index contributed by atoms with van der Waals surface area (Å²) < 4.78 is 35.5. The Morgan fingerprint density at radius 3 is 2.44 bits per heavy atom. The molecule has 1 saturated heterocycles. The van der Waals surface area contributed by atoms with Crippen LogP contribution in [0.1, 0.15) is 56.9 Å². The van der Waals surface area contributed by atoms with E-state index in [1.54, 1.807) is 13.0 Å². The second-order valence-corrected chi connectivity index (χ2v) is 10.3. The molecule has 0 unspecified atom stereocenters. The van der Waals surface area contributed by atoms with Crippen molar-refractivity contribution in [1.29, 1.82) is 0 Å². The smallest absolute Gasteiger partial charge is 0.388 e. The minimum absolute atomic E-state index is 0.0950. The Morgan fingerprint density at radius 1 is 1.17 bits per heavy atom. The van der Waals surface area contributed by atoms with Crippen LogP contribution in [0.5, 0.6) is 5.88 Å². The SMILES string of the molecule is COC(=O)C(C)(C)CCN1CC(C(=O)Nc2ccc(C)nc2OC(F)F)(c2ccccc2C(C)C)C1. The van der Waals surface area contributed by atoms with E-state index in [9.17, 15) is 18.4 Å². The van der Waals surface area contributed by atoms with Crippen molar-refractivity contribution >= 4 is 17.6 Å². The number of pyridine rings is 1. The van der Waals surface area contributed by atoms with Crippen LogP contribution in [0, 0.1) is 12.3 Å². The molecule has 1 aliphatic heterocycles. The third-order valence-corrected chi connectivity index (χ3v) is 6.76. The lowest BCUT2D eigenvalue weighted by molar-refractivity contribution is -0.151. The molecule has 0 radical (unpaired) electrons. The Morgan fingerprint density at radius 2 is 1.83 bits per heavy atom.